The van der Waals surface area contributed by atoms with Crippen LogP contribution < -0.4 is 14.8 Å². The Morgan fingerprint density at radius 3 is 2.22 bits per heavy atom. The van der Waals surface area contributed by atoms with Gasteiger partial charge >= 0.3 is 0 Å². The second-order valence-corrected chi connectivity index (χ2v) is 7.86. The smallest absolute Gasteiger partial charge is 0.243 e. The molecule has 32 heavy (non-hydrogen) atoms. The van der Waals surface area contributed by atoms with Gasteiger partial charge in [-0.15, -0.1) is 0 Å². The predicted molar refractivity (Wildman–Crippen MR) is 122 cm³/mol. The molecule has 0 radical (unpaired) electrons. The van der Waals surface area contributed by atoms with Gasteiger partial charge in [0.15, 0.2) is 0 Å². The summed E-state index contributed by atoms with van der Waals surface area (Å²) in [4.78, 5) is 27.4. The normalized spacial score (nSPS) is 11.7. The molecule has 0 bridgehead atoms. The van der Waals surface area contributed by atoms with Gasteiger partial charge in [-0.05, 0) is 68.7 Å². The van der Waals surface area contributed by atoms with Crippen LogP contribution in [-0.2, 0) is 16.1 Å². The van der Waals surface area contributed by atoms with Crippen molar-refractivity contribution in [1.29, 1.82) is 0 Å². The first-order valence-electron chi connectivity index (χ1n) is 10.9. The van der Waals surface area contributed by atoms with E-state index in [1.54, 1.807) is 24.1 Å². The summed E-state index contributed by atoms with van der Waals surface area (Å²) in [6, 6.07) is 12.6. The summed E-state index contributed by atoms with van der Waals surface area (Å²) in [5, 5.41) is 2.89. The van der Waals surface area contributed by atoms with Crippen LogP contribution in [0.4, 0.5) is 4.39 Å². The van der Waals surface area contributed by atoms with Crippen LogP contribution in [0.3, 0.4) is 0 Å². The number of carbonyl (C=O) groups excluding carboxylic acids is 2. The Hall–Kier alpha value is -3.09. The molecule has 0 saturated carbocycles. The number of carbonyl (C=O) groups is 2. The molecule has 0 aliphatic carbocycles. The van der Waals surface area contributed by atoms with Gasteiger partial charge in [-0.25, -0.2) is 4.39 Å². The van der Waals surface area contributed by atoms with Crippen molar-refractivity contribution in [3.8, 4) is 11.5 Å². The minimum absolute atomic E-state index is 0.0304. The molecule has 7 heteroatoms. The topological polar surface area (TPSA) is 67.9 Å². The molecule has 0 aliphatic heterocycles. The summed E-state index contributed by atoms with van der Waals surface area (Å²) in [6.07, 6.45) is 1.23. The van der Waals surface area contributed by atoms with E-state index in [1.165, 1.54) is 12.1 Å². The van der Waals surface area contributed by atoms with Crippen LogP contribution >= 0.6 is 0 Å². The highest BCUT2D eigenvalue weighted by Crippen LogP contribution is 2.18. The zero-order valence-electron chi connectivity index (χ0n) is 19.3. The van der Waals surface area contributed by atoms with E-state index >= 15 is 0 Å². The summed E-state index contributed by atoms with van der Waals surface area (Å²) in [7, 11) is 1.60. The van der Waals surface area contributed by atoms with Crippen molar-refractivity contribution in [3.63, 3.8) is 0 Å². The minimum Gasteiger partial charge on any atom is -0.497 e. The zero-order valence-corrected chi connectivity index (χ0v) is 19.3. The van der Waals surface area contributed by atoms with E-state index in [0.29, 0.717) is 25.2 Å². The number of nitrogens with zero attached hydrogens (tertiary/aromatic N) is 1. The largest absolute Gasteiger partial charge is 0.497 e. The molecule has 6 nitrogen and oxygen atoms in total. The predicted octanol–water partition coefficient (Wildman–Crippen LogP) is 4.33. The Morgan fingerprint density at radius 2 is 1.66 bits per heavy atom. The Bertz CT molecular complexity index is 853. The van der Waals surface area contributed by atoms with E-state index in [-0.39, 0.29) is 36.6 Å². The second kappa shape index (κ2) is 12.7. The Morgan fingerprint density at radius 1 is 1.03 bits per heavy atom. The maximum absolute atomic E-state index is 13.3. The SMILES string of the molecule is CC[C@@H](C(=O)NC(C)C)N(Cc1ccc(F)cc1)C(=O)CCCOc1ccc(OC)cc1. The van der Waals surface area contributed by atoms with Crippen molar-refractivity contribution < 1.29 is 23.5 Å². The molecule has 2 amide bonds. The van der Waals surface area contributed by atoms with Crippen LogP contribution in [0.5, 0.6) is 11.5 Å². The second-order valence-electron chi connectivity index (χ2n) is 7.86. The molecular weight excluding hydrogens is 411 g/mol. The standard InChI is InChI=1S/C25H33FN2O4/c1-5-23(25(30)27-18(2)3)28(17-19-8-10-20(26)11-9-19)24(29)7-6-16-32-22-14-12-21(31-4)13-15-22/h8-15,18,23H,5-7,16-17H2,1-4H3,(H,27,30)/t23-/m0/s1. The summed E-state index contributed by atoms with van der Waals surface area (Å²) in [6.45, 7) is 6.25. The highest BCUT2D eigenvalue weighted by molar-refractivity contribution is 5.87. The van der Waals surface area contributed by atoms with E-state index in [4.69, 9.17) is 9.47 Å². The molecule has 0 fully saturated rings. The molecule has 2 aromatic carbocycles. The number of halogens is 1. The number of methoxy groups -OCH3 is 1. The van der Waals surface area contributed by atoms with E-state index in [1.807, 2.05) is 45.0 Å². The van der Waals surface area contributed by atoms with Crippen molar-refractivity contribution >= 4 is 11.8 Å². The lowest BCUT2D eigenvalue weighted by Gasteiger charge is -2.31. The molecule has 0 heterocycles. The fourth-order valence-electron chi connectivity index (χ4n) is 3.32. The van der Waals surface area contributed by atoms with Gasteiger partial charge in [-0.2, -0.15) is 0 Å². The molecule has 0 spiro atoms. The Balaban J connectivity index is 2.02. The van der Waals surface area contributed by atoms with Crippen molar-refractivity contribution in [1.82, 2.24) is 10.2 Å². The van der Waals surface area contributed by atoms with Gasteiger partial charge in [-0.3, -0.25) is 9.59 Å². The van der Waals surface area contributed by atoms with Crippen molar-refractivity contribution in [3.05, 3.63) is 59.9 Å². The molecule has 1 N–H and O–H groups in total. The van der Waals surface area contributed by atoms with Gasteiger partial charge in [0.2, 0.25) is 11.8 Å². The number of hydrogen-bond donors (Lipinski definition) is 1. The quantitative estimate of drug-likeness (QED) is 0.495. The number of amides is 2. The van der Waals surface area contributed by atoms with E-state index < -0.39 is 6.04 Å². The van der Waals surface area contributed by atoms with Crippen molar-refractivity contribution in [2.24, 2.45) is 0 Å². The van der Waals surface area contributed by atoms with Crippen molar-refractivity contribution in [2.45, 2.75) is 58.7 Å². The van der Waals surface area contributed by atoms with Gasteiger partial charge < -0.3 is 19.7 Å². The number of nitrogens with one attached hydrogen (secondary N) is 1. The number of hydrogen-bond acceptors (Lipinski definition) is 4. The molecule has 0 aliphatic rings. The molecule has 0 saturated heterocycles. The third-order valence-corrected chi connectivity index (χ3v) is 4.95. The lowest BCUT2D eigenvalue weighted by molar-refractivity contribution is -0.141. The van der Waals surface area contributed by atoms with Crippen molar-refractivity contribution in [2.75, 3.05) is 13.7 Å². The summed E-state index contributed by atoms with van der Waals surface area (Å²) < 4.78 is 24.1. The van der Waals surface area contributed by atoms with Gasteiger partial charge in [0.25, 0.3) is 0 Å². The van der Waals surface area contributed by atoms with Crippen LogP contribution in [0.25, 0.3) is 0 Å². The van der Waals surface area contributed by atoms with Crippen LogP contribution in [-0.4, -0.2) is 42.5 Å². The molecule has 0 unspecified atom stereocenters. The Kier molecular flexibility index (Phi) is 9.98. The average molecular weight is 445 g/mol. The zero-order chi connectivity index (χ0) is 23.5. The van der Waals surface area contributed by atoms with Crippen LogP contribution in [0.2, 0.25) is 0 Å². The highest BCUT2D eigenvalue weighted by Gasteiger charge is 2.28. The monoisotopic (exact) mass is 444 g/mol. The molecule has 2 aromatic rings. The summed E-state index contributed by atoms with van der Waals surface area (Å²) in [5.74, 6) is 0.774. The first kappa shape index (κ1) is 25.2. The van der Waals surface area contributed by atoms with Gasteiger partial charge in [-0.1, -0.05) is 19.1 Å². The highest BCUT2D eigenvalue weighted by atomic mass is 19.1. The number of ether oxygens (including phenoxy) is 2. The first-order valence-corrected chi connectivity index (χ1v) is 10.9. The van der Waals surface area contributed by atoms with Crippen LogP contribution in [0, 0.1) is 5.82 Å². The maximum atomic E-state index is 13.3. The fraction of sp³-hybridized carbons (Fsp3) is 0.440. The summed E-state index contributed by atoms with van der Waals surface area (Å²) >= 11 is 0. The van der Waals surface area contributed by atoms with Crippen LogP contribution in [0.15, 0.2) is 48.5 Å². The molecule has 0 aromatic heterocycles. The van der Waals surface area contributed by atoms with Gasteiger partial charge in [0.1, 0.15) is 23.4 Å². The third-order valence-electron chi connectivity index (χ3n) is 4.95. The van der Waals surface area contributed by atoms with E-state index in [9.17, 15) is 14.0 Å². The number of benzene rings is 2. The third kappa shape index (κ3) is 7.87. The van der Waals surface area contributed by atoms with Crippen LogP contribution in [0.1, 0.15) is 45.6 Å². The van der Waals surface area contributed by atoms with E-state index in [2.05, 4.69) is 5.32 Å². The van der Waals surface area contributed by atoms with E-state index in [0.717, 1.165) is 11.3 Å². The lowest BCUT2D eigenvalue weighted by Crippen LogP contribution is -2.50. The minimum atomic E-state index is -0.600. The molecule has 1 atom stereocenters. The molecule has 174 valence electrons. The maximum Gasteiger partial charge on any atom is 0.243 e. The first-order chi connectivity index (χ1) is 15.3. The lowest BCUT2D eigenvalue weighted by atomic mass is 10.1. The van der Waals surface area contributed by atoms with Gasteiger partial charge in [0.05, 0.1) is 13.7 Å². The van der Waals surface area contributed by atoms with Gasteiger partial charge in [0, 0.05) is 19.0 Å². The summed E-state index contributed by atoms with van der Waals surface area (Å²) in [5.41, 5.74) is 0.769. The molecule has 2 rings (SSSR count). The number of rotatable bonds is 12. The fourth-order valence-corrected chi connectivity index (χ4v) is 3.32. The molecular formula is C25H33FN2O4. The average Bonchev–Trinajstić information content (AvgIpc) is 2.77. The Labute approximate surface area is 189 Å².